The summed E-state index contributed by atoms with van der Waals surface area (Å²) in [5, 5.41) is 0.790. The summed E-state index contributed by atoms with van der Waals surface area (Å²) in [6.45, 7) is 1.39. The van der Waals surface area contributed by atoms with E-state index >= 15 is 0 Å². The zero-order valence-corrected chi connectivity index (χ0v) is 9.33. The number of benzene rings is 1. The van der Waals surface area contributed by atoms with E-state index in [4.69, 9.17) is 5.73 Å². The lowest BCUT2D eigenvalue weighted by Crippen LogP contribution is -2.32. The molecule has 0 bridgehead atoms. The smallest absolute Gasteiger partial charge is 0.334 e. The third kappa shape index (κ3) is 2.15. The van der Waals surface area contributed by atoms with Gasteiger partial charge in [-0.05, 0) is 30.0 Å². The van der Waals surface area contributed by atoms with Gasteiger partial charge in [0.05, 0.1) is 0 Å². The van der Waals surface area contributed by atoms with Gasteiger partial charge in [0, 0.05) is 18.3 Å². The van der Waals surface area contributed by atoms with Crippen LogP contribution in [0, 0.1) is 6.92 Å². The molecule has 0 aliphatic rings. The Morgan fingerprint density at radius 2 is 2.00 bits per heavy atom. The average Bonchev–Trinajstić information content (AvgIpc) is 2.60. The van der Waals surface area contributed by atoms with Crippen molar-refractivity contribution < 1.29 is 13.2 Å². The average molecular weight is 242 g/mol. The van der Waals surface area contributed by atoms with Gasteiger partial charge in [-0.1, -0.05) is 12.1 Å². The highest BCUT2D eigenvalue weighted by Crippen LogP contribution is 2.32. The summed E-state index contributed by atoms with van der Waals surface area (Å²) in [6.07, 6.45) is -2.89. The summed E-state index contributed by atoms with van der Waals surface area (Å²) < 4.78 is 39.6. The first-order valence-corrected chi connectivity index (χ1v) is 5.27. The molecular formula is C12H13F3N2. The van der Waals surface area contributed by atoms with Crippen molar-refractivity contribution in [2.24, 2.45) is 5.73 Å². The summed E-state index contributed by atoms with van der Waals surface area (Å²) >= 11 is 0. The van der Waals surface area contributed by atoms with Crippen molar-refractivity contribution in [3.05, 3.63) is 36.0 Å². The largest absolute Gasteiger partial charge is 0.410 e. The van der Waals surface area contributed by atoms with Gasteiger partial charge in [0.15, 0.2) is 0 Å². The standard InChI is InChI=1S/C12H13F3N2/c1-8-2-3-9-4-5-17(10(9)6-8)11(7-16)12(13,14)15/h2-6,11H,7,16H2,1H3. The van der Waals surface area contributed by atoms with E-state index in [0.29, 0.717) is 5.52 Å². The topological polar surface area (TPSA) is 30.9 Å². The predicted octanol–water partition coefficient (Wildman–Crippen LogP) is 3.01. The Morgan fingerprint density at radius 3 is 2.59 bits per heavy atom. The van der Waals surface area contributed by atoms with Crippen LogP contribution in [-0.2, 0) is 0 Å². The molecule has 2 nitrogen and oxygen atoms in total. The number of aryl methyl sites for hydroxylation is 1. The molecular weight excluding hydrogens is 229 g/mol. The van der Waals surface area contributed by atoms with Crippen molar-refractivity contribution in [3.8, 4) is 0 Å². The second-order valence-electron chi connectivity index (χ2n) is 4.08. The van der Waals surface area contributed by atoms with Crippen molar-refractivity contribution in [3.63, 3.8) is 0 Å². The van der Waals surface area contributed by atoms with Gasteiger partial charge in [0.2, 0.25) is 0 Å². The molecule has 1 aromatic carbocycles. The van der Waals surface area contributed by atoms with Crippen molar-refractivity contribution >= 4 is 10.9 Å². The van der Waals surface area contributed by atoms with Crippen LogP contribution in [0.1, 0.15) is 11.6 Å². The normalized spacial score (nSPS) is 14.2. The van der Waals surface area contributed by atoms with Crippen LogP contribution in [0.15, 0.2) is 30.5 Å². The van der Waals surface area contributed by atoms with Crippen molar-refractivity contribution in [1.29, 1.82) is 0 Å². The molecule has 2 rings (SSSR count). The zero-order valence-electron chi connectivity index (χ0n) is 9.33. The molecule has 17 heavy (non-hydrogen) atoms. The molecule has 1 heterocycles. The van der Waals surface area contributed by atoms with E-state index < -0.39 is 18.8 Å². The molecule has 0 fully saturated rings. The lowest BCUT2D eigenvalue weighted by Gasteiger charge is -2.21. The Bertz CT molecular complexity index is 528. The van der Waals surface area contributed by atoms with E-state index in [1.54, 1.807) is 12.1 Å². The van der Waals surface area contributed by atoms with E-state index in [0.717, 1.165) is 10.9 Å². The predicted molar refractivity (Wildman–Crippen MR) is 60.8 cm³/mol. The molecule has 1 atom stereocenters. The van der Waals surface area contributed by atoms with Crippen molar-refractivity contribution in [1.82, 2.24) is 4.57 Å². The van der Waals surface area contributed by atoms with E-state index in [1.165, 1.54) is 10.8 Å². The van der Waals surface area contributed by atoms with E-state index in [2.05, 4.69) is 0 Å². The van der Waals surface area contributed by atoms with Gasteiger partial charge in [-0.25, -0.2) is 0 Å². The van der Waals surface area contributed by atoms with Crippen LogP contribution in [0.3, 0.4) is 0 Å². The first-order valence-electron chi connectivity index (χ1n) is 5.27. The minimum absolute atomic E-state index is 0.457. The zero-order chi connectivity index (χ0) is 12.6. The minimum atomic E-state index is -4.33. The summed E-state index contributed by atoms with van der Waals surface area (Å²) in [5.41, 5.74) is 6.73. The van der Waals surface area contributed by atoms with Crippen LogP contribution < -0.4 is 5.73 Å². The molecule has 0 radical (unpaired) electrons. The summed E-state index contributed by atoms with van der Waals surface area (Å²) in [4.78, 5) is 0. The first-order chi connectivity index (χ1) is 7.93. The van der Waals surface area contributed by atoms with Crippen LogP contribution in [0.25, 0.3) is 10.9 Å². The second-order valence-corrected chi connectivity index (χ2v) is 4.08. The Labute approximate surface area is 96.8 Å². The fourth-order valence-electron chi connectivity index (χ4n) is 1.94. The summed E-state index contributed by atoms with van der Waals surface area (Å²) in [7, 11) is 0. The number of alkyl halides is 3. The molecule has 0 aliphatic heterocycles. The maximum atomic E-state index is 12.8. The number of rotatable bonds is 2. The number of hydrogen-bond donors (Lipinski definition) is 1. The maximum absolute atomic E-state index is 12.8. The van der Waals surface area contributed by atoms with Crippen molar-refractivity contribution in [2.45, 2.75) is 19.1 Å². The van der Waals surface area contributed by atoms with Gasteiger partial charge in [-0.3, -0.25) is 0 Å². The van der Waals surface area contributed by atoms with Crippen molar-refractivity contribution in [2.75, 3.05) is 6.54 Å². The number of hydrogen-bond acceptors (Lipinski definition) is 1. The van der Waals surface area contributed by atoms with E-state index in [9.17, 15) is 13.2 Å². The van der Waals surface area contributed by atoms with Gasteiger partial charge < -0.3 is 10.3 Å². The quantitative estimate of drug-likeness (QED) is 0.862. The Kier molecular flexibility index (Phi) is 2.87. The first kappa shape index (κ1) is 12.0. The Hall–Kier alpha value is -1.49. The van der Waals surface area contributed by atoms with Gasteiger partial charge in [0.1, 0.15) is 6.04 Å². The monoisotopic (exact) mass is 242 g/mol. The van der Waals surface area contributed by atoms with E-state index in [-0.39, 0.29) is 0 Å². The molecule has 0 amide bonds. The molecule has 0 saturated carbocycles. The van der Waals surface area contributed by atoms with Gasteiger partial charge in [-0.2, -0.15) is 13.2 Å². The number of fused-ring (bicyclic) bond motifs is 1. The highest BCUT2D eigenvalue weighted by molar-refractivity contribution is 5.81. The minimum Gasteiger partial charge on any atom is -0.334 e. The Balaban J connectivity index is 2.58. The third-order valence-corrected chi connectivity index (χ3v) is 2.82. The number of nitrogens with two attached hydrogens (primary N) is 1. The third-order valence-electron chi connectivity index (χ3n) is 2.82. The lowest BCUT2D eigenvalue weighted by molar-refractivity contribution is -0.164. The van der Waals surface area contributed by atoms with Crippen LogP contribution in [0.5, 0.6) is 0 Å². The highest BCUT2D eigenvalue weighted by atomic mass is 19.4. The maximum Gasteiger partial charge on any atom is 0.410 e. The molecule has 2 N–H and O–H groups in total. The molecule has 0 aliphatic carbocycles. The molecule has 1 unspecified atom stereocenters. The molecule has 1 aromatic heterocycles. The second kappa shape index (κ2) is 4.07. The van der Waals surface area contributed by atoms with Crippen LogP contribution >= 0.6 is 0 Å². The fourth-order valence-corrected chi connectivity index (χ4v) is 1.94. The molecule has 5 heteroatoms. The molecule has 0 saturated heterocycles. The SMILES string of the molecule is Cc1ccc2ccn(C(CN)C(F)(F)F)c2c1. The number of nitrogens with zero attached hydrogens (tertiary/aromatic N) is 1. The molecule has 0 spiro atoms. The fraction of sp³-hybridized carbons (Fsp3) is 0.333. The van der Waals surface area contributed by atoms with Crippen LogP contribution in [-0.4, -0.2) is 17.3 Å². The molecule has 92 valence electrons. The summed E-state index contributed by atoms with van der Waals surface area (Å²) in [6, 6.07) is 5.43. The number of halogens is 3. The number of aromatic nitrogens is 1. The van der Waals surface area contributed by atoms with E-state index in [1.807, 2.05) is 19.1 Å². The van der Waals surface area contributed by atoms with Gasteiger partial charge in [0.25, 0.3) is 0 Å². The summed E-state index contributed by atoms with van der Waals surface area (Å²) in [5.74, 6) is 0. The lowest BCUT2D eigenvalue weighted by atomic mass is 10.2. The molecule has 2 aromatic rings. The van der Waals surface area contributed by atoms with Crippen LogP contribution in [0.2, 0.25) is 0 Å². The van der Waals surface area contributed by atoms with Gasteiger partial charge in [-0.15, -0.1) is 0 Å². The Morgan fingerprint density at radius 1 is 1.29 bits per heavy atom. The van der Waals surface area contributed by atoms with Crippen LogP contribution in [0.4, 0.5) is 13.2 Å². The highest BCUT2D eigenvalue weighted by Gasteiger charge is 2.40. The van der Waals surface area contributed by atoms with Gasteiger partial charge >= 0.3 is 6.18 Å².